The largest absolute Gasteiger partial charge is 0.497 e. The zero-order chi connectivity index (χ0) is 30.9. The highest BCUT2D eigenvalue weighted by Gasteiger charge is 2.34. The molecule has 0 aliphatic rings. The van der Waals surface area contributed by atoms with Crippen LogP contribution in [-0.4, -0.2) is 64.5 Å². The molecule has 0 aromatic heterocycles. The lowest BCUT2D eigenvalue weighted by molar-refractivity contribution is -0.139. The van der Waals surface area contributed by atoms with Crippen molar-refractivity contribution < 1.29 is 27.5 Å². The molecule has 0 aliphatic carbocycles. The van der Waals surface area contributed by atoms with Gasteiger partial charge in [0.15, 0.2) is 0 Å². The molecule has 9 nitrogen and oxygen atoms in total. The quantitative estimate of drug-likeness (QED) is 0.293. The van der Waals surface area contributed by atoms with Crippen LogP contribution in [0, 0.1) is 6.92 Å². The van der Waals surface area contributed by atoms with E-state index in [-0.39, 0.29) is 34.8 Å². The van der Waals surface area contributed by atoms with Gasteiger partial charge in [0.1, 0.15) is 24.1 Å². The number of nitrogens with zero attached hydrogens (tertiary/aromatic N) is 2. The lowest BCUT2D eigenvalue weighted by Crippen LogP contribution is -2.53. The molecule has 0 heterocycles. The Morgan fingerprint density at radius 2 is 1.60 bits per heavy atom. The number of methoxy groups -OCH3 is 2. The molecule has 3 rings (SSSR count). The van der Waals surface area contributed by atoms with E-state index in [9.17, 15) is 18.0 Å². The van der Waals surface area contributed by atoms with E-state index in [0.29, 0.717) is 12.2 Å². The van der Waals surface area contributed by atoms with Gasteiger partial charge in [0.25, 0.3) is 10.0 Å². The summed E-state index contributed by atoms with van der Waals surface area (Å²) in [6.07, 6.45) is 1.22. The van der Waals surface area contributed by atoms with Crippen LogP contribution in [0.25, 0.3) is 0 Å². The van der Waals surface area contributed by atoms with Crippen molar-refractivity contribution in [2.45, 2.75) is 57.5 Å². The Bertz CT molecular complexity index is 1440. The van der Waals surface area contributed by atoms with Crippen molar-refractivity contribution in [3.8, 4) is 11.5 Å². The minimum absolute atomic E-state index is 0.0178. The molecule has 0 aliphatic heterocycles. The number of hydrogen-bond acceptors (Lipinski definition) is 6. The number of aryl methyl sites for hydroxylation is 1. The summed E-state index contributed by atoms with van der Waals surface area (Å²) in [4.78, 5) is 28.7. The predicted molar refractivity (Wildman–Crippen MR) is 164 cm³/mol. The lowest BCUT2D eigenvalue weighted by atomic mass is 10.1. The minimum atomic E-state index is -4.24. The summed E-state index contributed by atoms with van der Waals surface area (Å²) in [5.74, 6) is -0.196. The molecule has 10 heteroatoms. The number of benzene rings is 3. The summed E-state index contributed by atoms with van der Waals surface area (Å²) in [7, 11) is -1.34. The Labute approximate surface area is 249 Å². The zero-order valence-electron chi connectivity index (χ0n) is 25.2. The van der Waals surface area contributed by atoms with Crippen molar-refractivity contribution in [3.05, 3.63) is 83.9 Å². The number of carbonyl (C=O) groups is 2. The first kappa shape index (κ1) is 32.5. The number of anilines is 1. The van der Waals surface area contributed by atoms with E-state index in [0.717, 1.165) is 21.9 Å². The number of hydrogen-bond donors (Lipinski definition) is 1. The van der Waals surface area contributed by atoms with Crippen LogP contribution in [0.3, 0.4) is 0 Å². The van der Waals surface area contributed by atoms with Gasteiger partial charge in [-0.3, -0.25) is 13.9 Å². The Hall–Kier alpha value is -4.05. The first-order valence-electron chi connectivity index (χ1n) is 14.0. The van der Waals surface area contributed by atoms with E-state index in [1.807, 2.05) is 51.1 Å². The summed E-state index contributed by atoms with van der Waals surface area (Å²) in [6, 6.07) is 19.9. The summed E-state index contributed by atoms with van der Waals surface area (Å²) in [5, 5.41) is 2.94. The number of sulfonamides is 1. The molecule has 42 heavy (non-hydrogen) atoms. The average Bonchev–Trinajstić information content (AvgIpc) is 3.00. The van der Waals surface area contributed by atoms with Crippen molar-refractivity contribution in [2.75, 3.05) is 31.6 Å². The maximum atomic E-state index is 14.1. The monoisotopic (exact) mass is 595 g/mol. The molecule has 2 atom stereocenters. The van der Waals surface area contributed by atoms with Gasteiger partial charge in [-0.15, -0.1) is 0 Å². The number of carbonyl (C=O) groups excluding carboxylic acids is 2. The Balaban J connectivity index is 2.07. The molecule has 0 fully saturated rings. The molecular weight excluding hydrogens is 554 g/mol. The molecule has 1 N–H and O–H groups in total. The highest BCUT2D eigenvalue weighted by molar-refractivity contribution is 7.92. The summed E-state index contributed by atoms with van der Waals surface area (Å²) >= 11 is 0. The van der Waals surface area contributed by atoms with Crippen molar-refractivity contribution in [3.63, 3.8) is 0 Å². The lowest BCUT2D eigenvalue weighted by Gasteiger charge is -2.33. The third-order valence-corrected chi connectivity index (χ3v) is 8.97. The molecule has 2 amide bonds. The van der Waals surface area contributed by atoms with E-state index in [2.05, 4.69) is 5.32 Å². The van der Waals surface area contributed by atoms with Crippen LogP contribution in [0.15, 0.2) is 77.7 Å². The topological polar surface area (TPSA) is 105 Å². The highest BCUT2D eigenvalue weighted by Crippen LogP contribution is 2.36. The fourth-order valence-corrected chi connectivity index (χ4v) is 5.79. The molecule has 0 saturated heterocycles. The predicted octanol–water partition coefficient (Wildman–Crippen LogP) is 4.58. The smallest absolute Gasteiger partial charge is 0.264 e. The maximum Gasteiger partial charge on any atom is 0.264 e. The van der Waals surface area contributed by atoms with Gasteiger partial charge in [-0.2, -0.15) is 0 Å². The Kier molecular flexibility index (Phi) is 11.4. The second-order valence-electron chi connectivity index (χ2n) is 10.2. The van der Waals surface area contributed by atoms with Crippen LogP contribution < -0.4 is 19.1 Å². The third-order valence-electron chi connectivity index (χ3n) is 7.20. The standard InChI is InChI=1S/C32H41N3O6S/c1-7-24(3)33-32(37)25(4)34(20-19-26-11-9-8-10-12-26)31(36)22-35(29-21-27(40-5)15-18-30(29)41-6)42(38,39)28-16-13-23(2)14-17-28/h8-18,21,24-25H,7,19-20,22H2,1-6H3,(H,33,37)/t24-,25-/m0/s1. The summed E-state index contributed by atoms with van der Waals surface area (Å²) < 4.78 is 40.1. The fraction of sp³-hybridized carbons (Fsp3) is 0.375. The number of ether oxygens (including phenoxy) is 2. The second-order valence-corrected chi connectivity index (χ2v) is 12.0. The van der Waals surface area contributed by atoms with Gasteiger partial charge in [0.2, 0.25) is 11.8 Å². The van der Waals surface area contributed by atoms with Crippen molar-refractivity contribution in [2.24, 2.45) is 0 Å². The molecule has 0 bridgehead atoms. The zero-order valence-corrected chi connectivity index (χ0v) is 26.0. The van der Waals surface area contributed by atoms with Crippen LogP contribution in [0.2, 0.25) is 0 Å². The molecule has 0 saturated carbocycles. The van der Waals surface area contributed by atoms with E-state index < -0.39 is 28.5 Å². The fourth-order valence-electron chi connectivity index (χ4n) is 4.38. The van der Waals surface area contributed by atoms with E-state index in [1.54, 1.807) is 31.2 Å². The SMILES string of the molecule is CC[C@H](C)NC(=O)[C@H](C)N(CCc1ccccc1)C(=O)CN(c1cc(OC)ccc1OC)S(=O)(=O)c1ccc(C)cc1. The van der Waals surface area contributed by atoms with Gasteiger partial charge in [-0.1, -0.05) is 55.0 Å². The van der Waals surface area contributed by atoms with Gasteiger partial charge < -0.3 is 19.7 Å². The molecule has 3 aromatic carbocycles. The van der Waals surface area contributed by atoms with Crippen LogP contribution >= 0.6 is 0 Å². The van der Waals surface area contributed by atoms with Crippen molar-refractivity contribution in [1.82, 2.24) is 10.2 Å². The first-order chi connectivity index (χ1) is 20.0. The molecule has 0 unspecified atom stereocenters. The van der Waals surface area contributed by atoms with Crippen LogP contribution in [0.1, 0.15) is 38.3 Å². The minimum Gasteiger partial charge on any atom is -0.497 e. The van der Waals surface area contributed by atoms with E-state index in [1.165, 1.54) is 37.3 Å². The highest BCUT2D eigenvalue weighted by atomic mass is 32.2. The van der Waals surface area contributed by atoms with Gasteiger partial charge >= 0.3 is 0 Å². The van der Waals surface area contributed by atoms with Gasteiger partial charge in [-0.25, -0.2) is 8.42 Å². The van der Waals surface area contributed by atoms with Crippen LogP contribution in [0.4, 0.5) is 5.69 Å². The van der Waals surface area contributed by atoms with E-state index in [4.69, 9.17) is 9.47 Å². The molecule has 0 spiro atoms. The number of rotatable bonds is 14. The average molecular weight is 596 g/mol. The summed E-state index contributed by atoms with van der Waals surface area (Å²) in [5.41, 5.74) is 2.03. The number of amides is 2. The van der Waals surface area contributed by atoms with Crippen molar-refractivity contribution in [1.29, 1.82) is 0 Å². The number of nitrogens with one attached hydrogen (secondary N) is 1. The van der Waals surface area contributed by atoms with Gasteiger partial charge in [-0.05, 0) is 63.4 Å². The molecule has 3 aromatic rings. The Morgan fingerprint density at radius 3 is 2.19 bits per heavy atom. The molecule has 0 radical (unpaired) electrons. The Morgan fingerprint density at radius 1 is 0.929 bits per heavy atom. The van der Waals surface area contributed by atoms with Gasteiger partial charge in [0.05, 0.1) is 24.8 Å². The molecule has 226 valence electrons. The summed E-state index contributed by atoms with van der Waals surface area (Å²) in [6.45, 7) is 7.03. The third kappa shape index (κ3) is 8.03. The van der Waals surface area contributed by atoms with E-state index >= 15 is 0 Å². The second kappa shape index (κ2) is 14.7. The van der Waals surface area contributed by atoms with Crippen LogP contribution in [-0.2, 0) is 26.0 Å². The normalized spacial score (nSPS) is 12.6. The van der Waals surface area contributed by atoms with Crippen molar-refractivity contribution >= 4 is 27.5 Å². The first-order valence-corrected chi connectivity index (χ1v) is 15.4. The van der Waals surface area contributed by atoms with Crippen LogP contribution in [0.5, 0.6) is 11.5 Å². The van der Waals surface area contributed by atoms with Gasteiger partial charge in [0, 0.05) is 18.7 Å². The maximum absolute atomic E-state index is 14.1. The molecular formula is C32H41N3O6S.